The smallest absolute Gasteiger partial charge is 0.226 e. The molecule has 0 radical (unpaired) electrons. The highest BCUT2D eigenvalue weighted by molar-refractivity contribution is 5.81. The molecule has 1 unspecified atom stereocenters. The maximum absolute atomic E-state index is 12.8. The van der Waals surface area contributed by atoms with Gasteiger partial charge >= 0.3 is 0 Å². The maximum Gasteiger partial charge on any atom is 0.226 e. The number of carbonyl (C=O) groups is 2. The van der Waals surface area contributed by atoms with Gasteiger partial charge in [-0.2, -0.15) is 0 Å². The first-order chi connectivity index (χ1) is 11.0. The van der Waals surface area contributed by atoms with E-state index in [0.29, 0.717) is 39.0 Å². The van der Waals surface area contributed by atoms with E-state index >= 15 is 0 Å². The Hall–Kier alpha value is -1.95. The Balaban J connectivity index is 1.77. The molecule has 3 N–H and O–H groups in total. The van der Waals surface area contributed by atoms with E-state index in [9.17, 15) is 14.0 Å². The average molecular weight is 321 g/mol. The Bertz CT molecular complexity index is 539. The second-order valence-corrected chi connectivity index (χ2v) is 6.08. The molecule has 126 valence electrons. The molecule has 2 rings (SSSR count). The van der Waals surface area contributed by atoms with Crippen LogP contribution in [0.1, 0.15) is 25.3 Å². The topological polar surface area (TPSA) is 75.4 Å². The van der Waals surface area contributed by atoms with Crippen molar-refractivity contribution in [1.29, 1.82) is 0 Å². The summed E-state index contributed by atoms with van der Waals surface area (Å²) in [6, 6.07) is 6.07. The first kappa shape index (κ1) is 17.4. The van der Waals surface area contributed by atoms with Gasteiger partial charge in [0.15, 0.2) is 0 Å². The summed E-state index contributed by atoms with van der Waals surface area (Å²) in [5.74, 6) is -0.471. The molecule has 1 fully saturated rings. The summed E-state index contributed by atoms with van der Waals surface area (Å²) >= 11 is 0. The lowest BCUT2D eigenvalue weighted by Gasteiger charge is -2.32. The van der Waals surface area contributed by atoms with E-state index in [4.69, 9.17) is 5.73 Å². The Labute approximate surface area is 136 Å². The second kappa shape index (κ2) is 8.06. The summed E-state index contributed by atoms with van der Waals surface area (Å²) in [7, 11) is 0. The SMILES string of the molecule is CC(CN)C(=O)N1CCC(C(=O)NCc2ccc(F)cc2)CC1. The Morgan fingerprint density at radius 2 is 1.91 bits per heavy atom. The van der Waals surface area contributed by atoms with Gasteiger partial charge in [0.2, 0.25) is 11.8 Å². The molecular formula is C17H24FN3O2. The Morgan fingerprint density at radius 3 is 2.48 bits per heavy atom. The molecular weight excluding hydrogens is 297 g/mol. The molecule has 6 heteroatoms. The van der Waals surface area contributed by atoms with Crippen LogP contribution in [-0.2, 0) is 16.1 Å². The van der Waals surface area contributed by atoms with Crippen LogP contribution in [0, 0.1) is 17.7 Å². The third-order valence-corrected chi connectivity index (χ3v) is 4.33. The predicted octanol–water partition coefficient (Wildman–Crippen LogP) is 1.28. The largest absolute Gasteiger partial charge is 0.352 e. The van der Waals surface area contributed by atoms with Crippen LogP contribution >= 0.6 is 0 Å². The van der Waals surface area contributed by atoms with E-state index in [1.54, 1.807) is 17.0 Å². The molecule has 1 atom stereocenters. The van der Waals surface area contributed by atoms with E-state index in [-0.39, 0.29) is 29.5 Å². The summed E-state index contributed by atoms with van der Waals surface area (Å²) in [5.41, 5.74) is 6.39. The first-order valence-corrected chi connectivity index (χ1v) is 8.02. The van der Waals surface area contributed by atoms with Crippen molar-refractivity contribution in [3.8, 4) is 0 Å². The summed E-state index contributed by atoms with van der Waals surface area (Å²) in [4.78, 5) is 26.0. The number of amides is 2. The minimum absolute atomic E-state index is 0.00621. The number of rotatable bonds is 5. The molecule has 0 aromatic heterocycles. The van der Waals surface area contributed by atoms with Crippen molar-refractivity contribution >= 4 is 11.8 Å². The third kappa shape index (κ3) is 4.76. The van der Waals surface area contributed by atoms with Crippen molar-refractivity contribution in [2.45, 2.75) is 26.3 Å². The summed E-state index contributed by atoms with van der Waals surface area (Å²) in [5, 5.41) is 2.88. The molecule has 0 aliphatic carbocycles. The summed E-state index contributed by atoms with van der Waals surface area (Å²) in [6.45, 7) is 3.75. The third-order valence-electron chi connectivity index (χ3n) is 4.33. The second-order valence-electron chi connectivity index (χ2n) is 6.08. The van der Waals surface area contributed by atoms with E-state index in [2.05, 4.69) is 5.32 Å². The van der Waals surface area contributed by atoms with Gasteiger partial charge in [-0.3, -0.25) is 9.59 Å². The van der Waals surface area contributed by atoms with Gasteiger partial charge < -0.3 is 16.0 Å². The van der Waals surface area contributed by atoms with E-state index in [1.165, 1.54) is 12.1 Å². The standard InChI is InChI=1S/C17H24FN3O2/c1-12(10-19)17(23)21-8-6-14(7-9-21)16(22)20-11-13-2-4-15(18)5-3-13/h2-5,12,14H,6-11,19H2,1H3,(H,20,22). The zero-order valence-corrected chi connectivity index (χ0v) is 13.4. The molecule has 2 amide bonds. The first-order valence-electron chi connectivity index (χ1n) is 8.02. The van der Waals surface area contributed by atoms with Gasteiger partial charge in [0, 0.05) is 38.0 Å². The van der Waals surface area contributed by atoms with Crippen molar-refractivity contribution in [3.05, 3.63) is 35.6 Å². The van der Waals surface area contributed by atoms with Crippen molar-refractivity contribution < 1.29 is 14.0 Å². The van der Waals surface area contributed by atoms with Gasteiger partial charge in [-0.05, 0) is 30.5 Å². The lowest BCUT2D eigenvalue weighted by molar-refractivity contribution is -0.138. The Kier molecular flexibility index (Phi) is 6.10. The number of hydrogen-bond acceptors (Lipinski definition) is 3. The van der Waals surface area contributed by atoms with Crippen molar-refractivity contribution in [2.24, 2.45) is 17.6 Å². The number of likely N-dealkylation sites (tertiary alicyclic amines) is 1. The molecule has 5 nitrogen and oxygen atoms in total. The van der Waals surface area contributed by atoms with Crippen LogP contribution in [0.4, 0.5) is 4.39 Å². The quantitative estimate of drug-likeness (QED) is 0.858. The molecule has 1 aliphatic rings. The predicted molar refractivity (Wildman–Crippen MR) is 85.8 cm³/mol. The number of benzene rings is 1. The van der Waals surface area contributed by atoms with Crippen LogP contribution in [0.15, 0.2) is 24.3 Å². The van der Waals surface area contributed by atoms with Crippen molar-refractivity contribution in [2.75, 3.05) is 19.6 Å². The number of nitrogens with two attached hydrogens (primary N) is 1. The Morgan fingerprint density at radius 1 is 1.30 bits per heavy atom. The molecule has 1 heterocycles. The number of nitrogens with zero attached hydrogens (tertiary/aromatic N) is 1. The van der Waals surface area contributed by atoms with Gasteiger partial charge in [-0.15, -0.1) is 0 Å². The minimum Gasteiger partial charge on any atom is -0.352 e. The highest BCUT2D eigenvalue weighted by Crippen LogP contribution is 2.19. The average Bonchev–Trinajstić information content (AvgIpc) is 2.59. The fourth-order valence-electron chi connectivity index (χ4n) is 2.71. The lowest BCUT2D eigenvalue weighted by atomic mass is 9.95. The number of carbonyl (C=O) groups excluding carboxylic acids is 2. The van der Waals surface area contributed by atoms with Crippen LogP contribution in [0.5, 0.6) is 0 Å². The van der Waals surface area contributed by atoms with Crippen LogP contribution < -0.4 is 11.1 Å². The number of piperidine rings is 1. The molecule has 0 spiro atoms. The monoisotopic (exact) mass is 321 g/mol. The number of halogens is 1. The van der Waals surface area contributed by atoms with Crippen LogP contribution in [0.3, 0.4) is 0 Å². The van der Waals surface area contributed by atoms with Gasteiger partial charge in [-0.25, -0.2) is 4.39 Å². The molecule has 1 saturated heterocycles. The summed E-state index contributed by atoms with van der Waals surface area (Å²) < 4.78 is 12.8. The molecule has 23 heavy (non-hydrogen) atoms. The number of hydrogen-bond donors (Lipinski definition) is 2. The zero-order chi connectivity index (χ0) is 16.8. The molecule has 1 aromatic carbocycles. The lowest BCUT2D eigenvalue weighted by Crippen LogP contribution is -2.45. The van der Waals surface area contributed by atoms with Gasteiger partial charge in [0.05, 0.1) is 0 Å². The fraction of sp³-hybridized carbons (Fsp3) is 0.529. The highest BCUT2D eigenvalue weighted by atomic mass is 19.1. The highest BCUT2D eigenvalue weighted by Gasteiger charge is 2.28. The van der Waals surface area contributed by atoms with Crippen LogP contribution in [0.25, 0.3) is 0 Å². The van der Waals surface area contributed by atoms with E-state index < -0.39 is 0 Å². The minimum atomic E-state index is -0.288. The van der Waals surface area contributed by atoms with Crippen LogP contribution in [0.2, 0.25) is 0 Å². The molecule has 1 aromatic rings. The molecule has 1 aliphatic heterocycles. The molecule has 0 saturated carbocycles. The van der Waals surface area contributed by atoms with Crippen LogP contribution in [-0.4, -0.2) is 36.3 Å². The summed E-state index contributed by atoms with van der Waals surface area (Å²) in [6.07, 6.45) is 1.33. The van der Waals surface area contributed by atoms with Gasteiger partial charge in [0.1, 0.15) is 5.82 Å². The van der Waals surface area contributed by atoms with E-state index in [0.717, 1.165) is 5.56 Å². The van der Waals surface area contributed by atoms with Gasteiger partial charge in [-0.1, -0.05) is 19.1 Å². The maximum atomic E-state index is 12.8. The van der Waals surface area contributed by atoms with Crippen molar-refractivity contribution in [1.82, 2.24) is 10.2 Å². The normalized spacial score (nSPS) is 16.9. The van der Waals surface area contributed by atoms with Crippen molar-refractivity contribution in [3.63, 3.8) is 0 Å². The number of nitrogens with one attached hydrogen (secondary N) is 1. The van der Waals surface area contributed by atoms with Gasteiger partial charge in [0.25, 0.3) is 0 Å². The zero-order valence-electron chi connectivity index (χ0n) is 13.4. The molecule has 0 bridgehead atoms. The fourth-order valence-corrected chi connectivity index (χ4v) is 2.71. The van der Waals surface area contributed by atoms with E-state index in [1.807, 2.05) is 6.92 Å².